The molecule has 1 aliphatic rings. The Hall–Kier alpha value is -1.61. The van der Waals surface area contributed by atoms with E-state index in [0.29, 0.717) is 11.8 Å². The van der Waals surface area contributed by atoms with Gasteiger partial charge in [-0.1, -0.05) is 25.1 Å². The van der Waals surface area contributed by atoms with E-state index in [-0.39, 0.29) is 6.10 Å². The highest BCUT2D eigenvalue weighted by atomic mass is 16.3. The predicted molar refractivity (Wildman–Crippen MR) is 65.8 cm³/mol. The van der Waals surface area contributed by atoms with Crippen LogP contribution >= 0.6 is 0 Å². The average molecular weight is 228 g/mol. The molecule has 0 saturated heterocycles. The summed E-state index contributed by atoms with van der Waals surface area (Å²) in [4.78, 5) is 0. The zero-order valence-electron chi connectivity index (χ0n) is 9.82. The second-order valence-corrected chi connectivity index (χ2v) is 4.88. The number of aromatic nitrogens is 2. The minimum Gasteiger partial charge on any atom is -0.388 e. The van der Waals surface area contributed by atoms with Crippen molar-refractivity contribution >= 4 is 0 Å². The van der Waals surface area contributed by atoms with Gasteiger partial charge in [0, 0.05) is 11.8 Å². The number of nitrogens with zero attached hydrogens (tertiary/aromatic N) is 2. The van der Waals surface area contributed by atoms with Gasteiger partial charge in [0.2, 0.25) is 0 Å². The second kappa shape index (κ2) is 4.00. The number of rotatable bonds is 3. The molecule has 3 rings (SSSR count). The van der Waals surface area contributed by atoms with E-state index in [1.54, 1.807) is 6.20 Å². The fourth-order valence-electron chi connectivity index (χ4n) is 2.25. The van der Waals surface area contributed by atoms with Gasteiger partial charge < -0.3 is 5.11 Å². The van der Waals surface area contributed by atoms with Crippen molar-refractivity contribution in [3.05, 3.63) is 48.3 Å². The quantitative estimate of drug-likeness (QED) is 0.876. The summed E-state index contributed by atoms with van der Waals surface area (Å²) in [7, 11) is 0. The second-order valence-electron chi connectivity index (χ2n) is 4.88. The van der Waals surface area contributed by atoms with Crippen LogP contribution in [0.25, 0.3) is 5.69 Å². The topological polar surface area (TPSA) is 38.1 Å². The van der Waals surface area contributed by atoms with Gasteiger partial charge in [0.25, 0.3) is 0 Å². The van der Waals surface area contributed by atoms with E-state index < -0.39 is 0 Å². The van der Waals surface area contributed by atoms with E-state index in [2.05, 4.69) is 12.0 Å². The summed E-state index contributed by atoms with van der Waals surface area (Å²) in [5.74, 6) is 1.06. The third-order valence-electron chi connectivity index (χ3n) is 3.54. The Morgan fingerprint density at radius 2 is 2.06 bits per heavy atom. The molecule has 88 valence electrons. The molecule has 1 N–H and O–H groups in total. The molecule has 1 fully saturated rings. The lowest BCUT2D eigenvalue weighted by atomic mass is 10.1. The number of benzene rings is 1. The Morgan fingerprint density at radius 3 is 2.71 bits per heavy atom. The van der Waals surface area contributed by atoms with Crippen LogP contribution in [0.15, 0.2) is 42.7 Å². The number of hydrogen-bond acceptors (Lipinski definition) is 2. The number of aliphatic hydroxyl groups excluding tert-OH is 1. The van der Waals surface area contributed by atoms with E-state index >= 15 is 0 Å². The molecule has 17 heavy (non-hydrogen) atoms. The molecule has 0 amide bonds. The summed E-state index contributed by atoms with van der Waals surface area (Å²) in [5.41, 5.74) is 1.94. The Morgan fingerprint density at radius 1 is 1.35 bits per heavy atom. The summed E-state index contributed by atoms with van der Waals surface area (Å²) in [5, 5.41) is 14.4. The van der Waals surface area contributed by atoms with Gasteiger partial charge in [0.15, 0.2) is 0 Å². The van der Waals surface area contributed by atoms with Crippen LogP contribution in [0, 0.1) is 11.8 Å². The molecule has 1 aliphatic carbocycles. The third-order valence-corrected chi connectivity index (χ3v) is 3.54. The van der Waals surface area contributed by atoms with Gasteiger partial charge in [-0.15, -0.1) is 0 Å². The van der Waals surface area contributed by atoms with Crippen LogP contribution in [0.5, 0.6) is 0 Å². The summed E-state index contributed by atoms with van der Waals surface area (Å²) >= 11 is 0. The normalized spacial score (nSPS) is 24.6. The Kier molecular flexibility index (Phi) is 2.48. The van der Waals surface area contributed by atoms with Crippen LogP contribution in [-0.2, 0) is 0 Å². The molecule has 1 heterocycles. The summed E-state index contributed by atoms with van der Waals surface area (Å²) in [6, 6.07) is 9.95. The van der Waals surface area contributed by atoms with Gasteiger partial charge in [0.05, 0.1) is 18.0 Å². The molecule has 3 nitrogen and oxygen atoms in total. The van der Waals surface area contributed by atoms with Crippen LogP contribution in [0.2, 0.25) is 0 Å². The molecule has 2 aromatic rings. The molecule has 0 radical (unpaired) electrons. The summed E-state index contributed by atoms with van der Waals surface area (Å²) in [6.07, 6.45) is 4.45. The van der Waals surface area contributed by atoms with Crippen molar-refractivity contribution < 1.29 is 5.11 Å². The molecule has 0 bridgehead atoms. The standard InChI is InChI=1S/C14H16N2O/c1-10-7-13(10)14(17)11-8-15-16(9-11)12-5-3-2-4-6-12/h2-6,8-10,13-14,17H,7H2,1H3. The highest BCUT2D eigenvalue weighted by Crippen LogP contribution is 2.46. The first-order valence-corrected chi connectivity index (χ1v) is 6.04. The first kappa shape index (κ1) is 10.5. The van der Waals surface area contributed by atoms with Crippen molar-refractivity contribution in [1.29, 1.82) is 0 Å². The summed E-state index contributed by atoms with van der Waals surface area (Å²) < 4.78 is 1.81. The van der Waals surface area contributed by atoms with Crippen LogP contribution in [-0.4, -0.2) is 14.9 Å². The SMILES string of the molecule is CC1CC1C(O)c1cnn(-c2ccccc2)c1. The van der Waals surface area contributed by atoms with Crippen LogP contribution in [0.4, 0.5) is 0 Å². The molecule has 0 aliphatic heterocycles. The fraction of sp³-hybridized carbons (Fsp3) is 0.357. The predicted octanol–water partition coefficient (Wildman–Crippen LogP) is 2.56. The molecule has 3 unspecified atom stereocenters. The highest BCUT2D eigenvalue weighted by molar-refractivity contribution is 5.31. The number of aliphatic hydroxyl groups is 1. The Bertz CT molecular complexity index is 506. The van der Waals surface area contributed by atoms with E-state index in [9.17, 15) is 5.11 Å². The van der Waals surface area contributed by atoms with Gasteiger partial charge in [-0.2, -0.15) is 5.10 Å². The third kappa shape index (κ3) is 1.98. The largest absolute Gasteiger partial charge is 0.388 e. The zero-order valence-corrected chi connectivity index (χ0v) is 9.82. The van der Waals surface area contributed by atoms with Gasteiger partial charge >= 0.3 is 0 Å². The average Bonchev–Trinajstić information content (AvgIpc) is 2.92. The Balaban J connectivity index is 1.83. The molecule has 0 spiro atoms. The summed E-state index contributed by atoms with van der Waals surface area (Å²) in [6.45, 7) is 2.18. The molecule has 1 aromatic carbocycles. The van der Waals surface area contributed by atoms with Gasteiger partial charge in [-0.25, -0.2) is 4.68 Å². The monoisotopic (exact) mass is 228 g/mol. The van der Waals surface area contributed by atoms with Crippen molar-refractivity contribution in [2.75, 3.05) is 0 Å². The zero-order chi connectivity index (χ0) is 11.8. The van der Waals surface area contributed by atoms with Crippen LogP contribution in [0.3, 0.4) is 0 Å². The lowest BCUT2D eigenvalue weighted by molar-refractivity contribution is 0.148. The van der Waals surface area contributed by atoms with Gasteiger partial charge in [-0.3, -0.25) is 0 Å². The molecular formula is C14H16N2O. The van der Waals surface area contributed by atoms with Gasteiger partial charge in [0.1, 0.15) is 0 Å². The first-order valence-electron chi connectivity index (χ1n) is 6.04. The fourth-order valence-corrected chi connectivity index (χ4v) is 2.25. The van der Waals surface area contributed by atoms with Crippen molar-refractivity contribution in [2.24, 2.45) is 11.8 Å². The van der Waals surface area contributed by atoms with E-state index in [1.165, 1.54) is 0 Å². The molecule has 3 heteroatoms. The van der Waals surface area contributed by atoms with Crippen molar-refractivity contribution in [1.82, 2.24) is 9.78 Å². The molecule has 1 aromatic heterocycles. The maximum Gasteiger partial charge on any atom is 0.0851 e. The highest BCUT2D eigenvalue weighted by Gasteiger charge is 2.39. The Labute approximate surface area is 101 Å². The molecular weight excluding hydrogens is 212 g/mol. The lowest BCUT2D eigenvalue weighted by Gasteiger charge is -2.06. The van der Waals surface area contributed by atoms with Gasteiger partial charge in [-0.05, 0) is 30.4 Å². The minimum absolute atomic E-state index is 0.359. The maximum atomic E-state index is 10.1. The van der Waals surface area contributed by atoms with E-state index in [1.807, 2.05) is 41.2 Å². The molecule has 3 atom stereocenters. The smallest absolute Gasteiger partial charge is 0.0851 e. The number of hydrogen-bond donors (Lipinski definition) is 1. The van der Waals surface area contributed by atoms with E-state index in [4.69, 9.17) is 0 Å². The van der Waals surface area contributed by atoms with E-state index in [0.717, 1.165) is 17.7 Å². The maximum absolute atomic E-state index is 10.1. The lowest BCUT2D eigenvalue weighted by Crippen LogP contribution is -1.99. The van der Waals surface area contributed by atoms with Crippen LogP contribution in [0.1, 0.15) is 25.0 Å². The van der Waals surface area contributed by atoms with Crippen LogP contribution < -0.4 is 0 Å². The molecule has 1 saturated carbocycles. The minimum atomic E-state index is -0.359. The number of para-hydroxylation sites is 1. The first-order chi connectivity index (χ1) is 8.25. The van der Waals surface area contributed by atoms with Crippen molar-refractivity contribution in [2.45, 2.75) is 19.4 Å². The van der Waals surface area contributed by atoms with Crippen molar-refractivity contribution in [3.63, 3.8) is 0 Å². The van der Waals surface area contributed by atoms with Crippen molar-refractivity contribution in [3.8, 4) is 5.69 Å².